The number of alkyl halides is 3. The van der Waals surface area contributed by atoms with Crippen molar-refractivity contribution in [2.75, 3.05) is 18.4 Å². The predicted molar refractivity (Wildman–Crippen MR) is 84.5 cm³/mol. The molecule has 1 amide bonds. The van der Waals surface area contributed by atoms with Crippen LogP contribution < -0.4 is 10.6 Å². The van der Waals surface area contributed by atoms with Crippen molar-refractivity contribution in [3.05, 3.63) is 36.2 Å². The number of hydrogen-bond acceptors (Lipinski definition) is 5. The van der Waals surface area contributed by atoms with E-state index in [1.807, 2.05) is 0 Å². The Bertz CT molecular complexity index is 747. The van der Waals surface area contributed by atoms with Crippen molar-refractivity contribution in [3.8, 4) is 11.5 Å². The van der Waals surface area contributed by atoms with E-state index < -0.39 is 11.9 Å². The summed E-state index contributed by atoms with van der Waals surface area (Å²) in [4.78, 5) is 23.3. The van der Waals surface area contributed by atoms with Crippen molar-refractivity contribution >= 4 is 11.7 Å². The fourth-order valence-corrected chi connectivity index (χ4v) is 2.11. The van der Waals surface area contributed by atoms with Gasteiger partial charge < -0.3 is 10.6 Å². The maximum atomic E-state index is 13.1. The molecule has 0 saturated heterocycles. The highest BCUT2D eigenvalue weighted by Crippen LogP contribution is 2.30. The van der Waals surface area contributed by atoms with Crippen LogP contribution in [0.5, 0.6) is 0 Å². The lowest BCUT2D eigenvalue weighted by Gasteiger charge is -2.11. The molecule has 0 aromatic carbocycles. The fourth-order valence-electron chi connectivity index (χ4n) is 2.11. The molecule has 132 valence electrons. The van der Waals surface area contributed by atoms with E-state index in [2.05, 4.69) is 25.6 Å². The van der Waals surface area contributed by atoms with E-state index in [4.69, 9.17) is 0 Å². The van der Waals surface area contributed by atoms with Crippen molar-refractivity contribution in [2.45, 2.75) is 19.0 Å². The average molecular weight is 351 g/mol. The van der Waals surface area contributed by atoms with E-state index in [0.29, 0.717) is 12.5 Å². The minimum Gasteiger partial charge on any atom is -0.361 e. The standard InChI is InChI=1S/C16H16F3N5O/c17-16(18,19)12-7-13(21-9-14(25)22-8-10-4-5-10)24-15(23-12)11-3-1-2-6-20-11/h1-3,6-7,10H,4-5,8-9H2,(H,22,25)(H,21,23,24). The molecule has 0 atom stereocenters. The zero-order valence-electron chi connectivity index (χ0n) is 13.2. The summed E-state index contributed by atoms with van der Waals surface area (Å²) in [5, 5.41) is 5.35. The molecule has 2 heterocycles. The molecule has 1 saturated carbocycles. The number of aromatic nitrogens is 3. The van der Waals surface area contributed by atoms with E-state index in [0.717, 1.165) is 18.9 Å². The Kier molecular flexibility index (Phi) is 4.82. The molecule has 6 nitrogen and oxygen atoms in total. The van der Waals surface area contributed by atoms with Gasteiger partial charge in [-0.05, 0) is 30.9 Å². The van der Waals surface area contributed by atoms with Gasteiger partial charge in [-0.1, -0.05) is 6.07 Å². The average Bonchev–Trinajstić information content (AvgIpc) is 3.42. The predicted octanol–water partition coefficient (Wildman–Crippen LogP) is 2.50. The van der Waals surface area contributed by atoms with Gasteiger partial charge in [0, 0.05) is 18.8 Å². The van der Waals surface area contributed by atoms with Crippen molar-refractivity contribution in [1.29, 1.82) is 0 Å². The number of carbonyl (C=O) groups is 1. The maximum absolute atomic E-state index is 13.1. The third-order valence-electron chi connectivity index (χ3n) is 3.63. The van der Waals surface area contributed by atoms with Gasteiger partial charge in [0.1, 0.15) is 11.5 Å². The molecule has 1 aliphatic rings. The number of carbonyl (C=O) groups excluding carboxylic acids is 1. The van der Waals surface area contributed by atoms with E-state index in [1.54, 1.807) is 12.1 Å². The van der Waals surface area contributed by atoms with Gasteiger partial charge in [-0.2, -0.15) is 13.2 Å². The Morgan fingerprint density at radius 2 is 2.04 bits per heavy atom. The van der Waals surface area contributed by atoms with Crippen LogP contribution in [0.2, 0.25) is 0 Å². The molecule has 1 fully saturated rings. The molecule has 0 unspecified atom stereocenters. The molecule has 0 radical (unpaired) electrons. The van der Waals surface area contributed by atoms with Crippen molar-refractivity contribution in [3.63, 3.8) is 0 Å². The molecular formula is C16H16F3N5O. The minimum absolute atomic E-state index is 0.0791. The van der Waals surface area contributed by atoms with Crippen LogP contribution in [-0.4, -0.2) is 33.9 Å². The van der Waals surface area contributed by atoms with Crippen LogP contribution in [0.15, 0.2) is 30.5 Å². The monoisotopic (exact) mass is 351 g/mol. The second-order valence-corrected chi connectivity index (χ2v) is 5.78. The van der Waals surface area contributed by atoms with Gasteiger partial charge >= 0.3 is 6.18 Å². The first-order valence-electron chi connectivity index (χ1n) is 7.80. The zero-order chi connectivity index (χ0) is 17.9. The second kappa shape index (κ2) is 7.04. The SMILES string of the molecule is O=C(CNc1cc(C(F)(F)F)nc(-c2ccccn2)n1)NCC1CC1. The number of nitrogens with one attached hydrogen (secondary N) is 2. The normalized spacial score (nSPS) is 14.2. The first-order valence-corrected chi connectivity index (χ1v) is 7.80. The van der Waals surface area contributed by atoms with E-state index in [9.17, 15) is 18.0 Å². The van der Waals surface area contributed by atoms with Crippen LogP contribution in [0.25, 0.3) is 11.5 Å². The number of pyridine rings is 1. The Hall–Kier alpha value is -2.71. The minimum atomic E-state index is -4.63. The lowest BCUT2D eigenvalue weighted by atomic mass is 10.3. The van der Waals surface area contributed by atoms with Gasteiger partial charge in [0.05, 0.1) is 6.54 Å². The Morgan fingerprint density at radius 3 is 2.68 bits per heavy atom. The Labute approximate surface area is 141 Å². The number of anilines is 1. The summed E-state index contributed by atoms with van der Waals surface area (Å²) in [6.45, 7) is 0.431. The first kappa shape index (κ1) is 17.1. The van der Waals surface area contributed by atoms with Crippen LogP contribution in [0, 0.1) is 5.92 Å². The molecular weight excluding hydrogens is 335 g/mol. The number of hydrogen-bond donors (Lipinski definition) is 2. The molecule has 0 bridgehead atoms. The molecule has 2 aromatic heterocycles. The highest BCUT2D eigenvalue weighted by molar-refractivity contribution is 5.80. The summed E-state index contributed by atoms with van der Waals surface area (Å²) < 4.78 is 39.2. The van der Waals surface area contributed by atoms with Crippen molar-refractivity contribution in [1.82, 2.24) is 20.3 Å². The van der Waals surface area contributed by atoms with Gasteiger partial charge in [0.15, 0.2) is 11.5 Å². The molecule has 2 N–H and O–H groups in total. The van der Waals surface area contributed by atoms with Gasteiger partial charge in [0.2, 0.25) is 5.91 Å². The maximum Gasteiger partial charge on any atom is 0.433 e. The Morgan fingerprint density at radius 1 is 1.24 bits per heavy atom. The summed E-state index contributed by atoms with van der Waals surface area (Å²) in [6, 6.07) is 5.56. The summed E-state index contributed by atoms with van der Waals surface area (Å²) >= 11 is 0. The van der Waals surface area contributed by atoms with Crippen LogP contribution in [0.3, 0.4) is 0 Å². The van der Waals surface area contributed by atoms with Gasteiger partial charge in [-0.25, -0.2) is 9.97 Å². The Balaban J connectivity index is 1.76. The lowest BCUT2D eigenvalue weighted by molar-refractivity contribution is -0.141. The number of nitrogens with zero attached hydrogens (tertiary/aromatic N) is 3. The van der Waals surface area contributed by atoms with Gasteiger partial charge in [0.25, 0.3) is 0 Å². The van der Waals surface area contributed by atoms with Gasteiger partial charge in [-0.15, -0.1) is 0 Å². The second-order valence-electron chi connectivity index (χ2n) is 5.78. The highest BCUT2D eigenvalue weighted by Gasteiger charge is 2.34. The van der Waals surface area contributed by atoms with E-state index >= 15 is 0 Å². The van der Waals surface area contributed by atoms with E-state index in [1.165, 1.54) is 12.3 Å². The lowest BCUT2D eigenvalue weighted by Crippen LogP contribution is -2.31. The molecule has 3 rings (SSSR count). The molecule has 0 spiro atoms. The summed E-state index contributed by atoms with van der Waals surface area (Å²) in [5.74, 6) is -0.00471. The third-order valence-corrected chi connectivity index (χ3v) is 3.63. The summed E-state index contributed by atoms with van der Waals surface area (Å²) in [5.41, 5.74) is -0.876. The number of halogens is 3. The number of amides is 1. The largest absolute Gasteiger partial charge is 0.433 e. The number of rotatable bonds is 6. The van der Waals surface area contributed by atoms with Crippen molar-refractivity contribution in [2.24, 2.45) is 5.92 Å². The third kappa shape index (κ3) is 4.88. The first-order chi connectivity index (χ1) is 11.9. The van der Waals surface area contributed by atoms with Crippen LogP contribution >= 0.6 is 0 Å². The van der Waals surface area contributed by atoms with E-state index in [-0.39, 0.29) is 29.8 Å². The quantitative estimate of drug-likeness (QED) is 0.836. The van der Waals surface area contributed by atoms with Crippen molar-refractivity contribution < 1.29 is 18.0 Å². The molecule has 25 heavy (non-hydrogen) atoms. The smallest absolute Gasteiger partial charge is 0.361 e. The molecule has 0 aliphatic heterocycles. The van der Waals surface area contributed by atoms with Crippen LogP contribution in [0.4, 0.5) is 19.0 Å². The zero-order valence-corrected chi connectivity index (χ0v) is 13.2. The van der Waals surface area contributed by atoms with Gasteiger partial charge in [-0.3, -0.25) is 9.78 Å². The summed E-state index contributed by atoms with van der Waals surface area (Å²) in [7, 11) is 0. The van der Waals surface area contributed by atoms with Crippen LogP contribution in [0.1, 0.15) is 18.5 Å². The molecule has 9 heteroatoms. The molecule has 2 aromatic rings. The summed E-state index contributed by atoms with van der Waals surface area (Å²) in [6.07, 6.45) is -0.988. The topological polar surface area (TPSA) is 79.8 Å². The fraction of sp³-hybridized carbons (Fsp3) is 0.375. The molecule has 1 aliphatic carbocycles. The highest BCUT2D eigenvalue weighted by atomic mass is 19.4. The van der Waals surface area contributed by atoms with Crippen LogP contribution in [-0.2, 0) is 11.0 Å².